The van der Waals surface area contributed by atoms with E-state index < -0.39 is 117 Å². The summed E-state index contributed by atoms with van der Waals surface area (Å²) in [5.41, 5.74) is -6.00. The fourth-order valence-electron chi connectivity index (χ4n) is 8.93. The normalized spacial score (nSPS) is 20.1. The standard InChI is InChI=1S/C44H44F4N6O11/c1-51-21-43(9-12-63-13-10-43)54-20-29(40(59)50-18-25-4-6-27(46)16-31(25)48)36(56)38(34(54)41(51)60)65-32-7-8-44(23-64-32)22-52(11-14-62-2)42(61)33-37(57)35(55)28(19-53(33)44)39(58)49-17-24-3-5-26(45)15-30(24)47/h3-6,15-16,19-20,32,57H,7-14,17-18,21-23H2,1-2H3,(H,49,58)(H,50,59). The van der Waals surface area contributed by atoms with Gasteiger partial charge >= 0.3 is 0 Å². The van der Waals surface area contributed by atoms with Gasteiger partial charge in [0.05, 0.1) is 24.3 Å². The summed E-state index contributed by atoms with van der Waals surface area (Å²) in [7, 11) is 2.99. The molecule has 2 fully saturated rings. The first-order valence-electron chi connectivity index (χ1n) is 20.7. The van der Waals surface area contributed by atoms with Crippen molar-refractivity contribution in [3.8, 4) is 11.5 Å². The van der Waals surface area contributed by atoms with E-state index in [0.717, 1.165) is 30.5 Å². The highest BCUT2D eigenvalue weighted by Gasteiger charge is 2.49. The minimum atomic E-state index is -1.28. The second-order valence-electron chi connectivity index (χ2n) is 16.5. The summed E-state index contributed by atoms with van der Waals surface area (Å²) >= 11 is 0. The van der Waals surface area contributed by atoms with Crippen LogP contribution in [0, 0.1) is 23.3 Å². The summed E-state index contributed by atoms with van der Waals surface area (Å²) in [6.45, 7) is -0.293. The lowest BCUT2D eigenvalue weighted by atomic mass is 9.86. The molecule has 17 nitrogen and oxygen atoms in total. The van der Waals surface area contributed by atoms with E-state index in [1.165, 1.54) is 27.7 Å². The molecule has 4 amide bonds. The van der Waals surface area contributed by atoms with Crippen LogP contribution in [-0.2, 0) is 38.4 Å². The number of hydrogen-bond donors (Lipinski definition) is 3. The Kier molecular flexibility index (Phi) is 12.3. The van der Waals surface area contributed by atoms with Crippen LogP contribution in [0.2, 0.25) is 0 Å². The number of methoxy groups -OCH3 is 1. The number of likely N-dealkylation sites (N-methyl/N-ethyl adjacent to an activating group) is 1. The van der Waals surface area contributed by atoms with Gasteiger partial charge in [-0.15, -0.1) is 0 Å². The van der Waals surface area contributed by atoms with Gasteiger partial charge in [0.15, 0.2) is 29.2 Å². The summed E-state index contributed by atoms with van der Waals surface area (Å²) < 4.78 is 82.3. The van der Waals surface area contributed by atoms with Gasteiger partial charge in [0.2, 0.25) is 10.9 Å². The Balaban J connectivity index is 1.13. The molecule has 0 saturated carbocycles. The zero-order chi connectivity index (χ0) is 46.4. The second kappa shape index (κ2) is 17.8. The third-order valence-electron chi connectivity index (χ3n) is 12.4. The van der Waals surface area contributed by atoms with Crippen molar-refractivity contribution in [2.75, 3.05) is 60.2 Å². The van der Waals surface area contributed by atoms with Crippen LogP contribution in [0.1, 0.15) is 78.5 Å². The molecule has 2 atom stereocenters. The number of carbonyl (C=O) groups is 4. The van der Waals surface area contributed by atoms with Gasteiger partial charge in [-0.3, -0.25) is 28.8 Å². The zero-order valence-corrected chi connectivity index (χ0v) is 35.2. The average Bonchev–Trinajstić information content (AvgIpc) is 3.28. The van der Waals surface area contributed by atoms with Gasteiger partial charge in [-0.1, -0.05) is 12.1 Å². The van der Waals surface area contributed by atoms with Crippen LogP contribution in [-0.4, -0.2) is 114 Å². The van der Waals surface area contributed by atoms with Crippen molar-refractivity contribution in [2.45, 2.75) is 56.1 Å². The van der Waals surface area contributed by atoms with Gasteiger partial charge in [-0.05, 0) is 31.4 Å². The van der Waals surface area contributed by atoms with Gasteiger partial charge in [0.25, 0.3) is 23.6 Å². The predicted molar refractivity (Wildman–Crippen MR) is 218 cm³/mol. The lowest BCUT2D eigenvalue weighted by Crippen LogP contribution is -2.60. The average molecular weight is 909 g/mol. The molecular weight excluding hydrogens is 865 g/mol. The van der Waals surface area contributed by atoms with Gasteiger partial charge < -0.3 is 53.6 Å². The van der Waals surface area contributed by atoms with Crippen LogP contribution in [0.25, 0.3) is 0 Å². The Hall–Kier alpha value is -6.58. The summed E-state index contributed by atoms with van der Waals surface area (Å²) in [5.74, 6) is -8.31. The Morgan fingerprint density at radius 2 is 1.38 bits per heavy atom. The molecule has 4 aliphatic rings. The fourth-order valence-corrected chi connectivity index (χ4v) is 8.93. The number of nitrogens with one attached hydrogen (secondary N) is 2. The van der Waals surface area contributed by atoms with Crippen LogP contribution >= 0.6 is 0 Å². The Labute approximate surface area is 367 Å². The predicted octanol–water partition coefficient (Wildman–Crippen LogP) is 2.74. The van der Waals surface area contributed by atoms with Gasteiger partial charge in [0, 0.05) is 102 Å². The minimum Gasteiger partial charge on any atom is -0.503 e. The largest absolute Gasteiger partial charge is 0.503 e. The second-order valence-corrected chi connectivity index (χ2v) is 16.5. The molecule has 0 aliphatic carbocycles. The van der Waals surface area contributed by atoms with E-state index in [9.17, 15) is 51.4 Å². The number of rotatable bonds is 11. The van der Waals surface area contributed by atoms with E-state index in [1.807, 2.05) is 0 Å². The Morgan fingerprint density at radius 1 is 0.800 bits per heavy atom. The van der Waals surface area contributed by atoms with Crippen molar-refractivity contribution in [1.82, 2.24) is 29.6 Å². The van der Waals surface area contributed by atoms with E-state index >= 15 is 0 Å². The number of ether oxygens (including phenoxy) is 4. The van der Waals surface area contributed by atoms with Crippen molar-refractivity contribution < 1.29 is 60.8 Å². The highest BCUT2D eigenvalue weighted by atomic mass is 19.1. The van der Waals surface area contributed by atoms with Crippen molar-refractivity contribution >= 4 is 23.6 Å². The molecule has 2 aromatic carbocycles. The first-order chi connectivity index (χ1) is 31.1. The molecule has 6 heterocycles. The van der Waals surface area contributed by atoms with E-state index in [1.54, 1.807) is 11.6 Å². The topological polar surface area (TPSA) is 200 Å². The van der Waals surface area contributed by atoms with Gasteiger partial charge in [-0.25, -0.2) is 17.6 Å². The number of carbonyl (C=O) groups excluding carboxylic acids is 4. The third-order valence-corrected chi connectivity index (χ3v) is 12.4. The van der Waals surface area contributed by atoms with E-state index in [-0.39, 0.29) is 62.5 Å². The highest BCUT2D eigenvalue weighted by molar-refractivity contribution is 6.00. The quantitative estimate of drug-likeness (QED) is 0.187. The monoisotopic (exact) mass is 908 g/mol. The maximum atomic E-state index is 14.5. The molecule has 0 bridgehead atoms. The maximum Gasteiger partial charge on any atom is 0.274 e. The number of amides is 4. The van der Waals surface area contributed by atoms with E-state index in [2.05, 4.69) is 10.6 Å². The van der Waals surface area contributed by atoms with Crippen molar-refractivity contribution in [3.05, 3.63) is 126 Å². The molecule has 4 aliphatic heterocycles. The SMILES string of the molecule is COCCN1CC2(CCC(Oc3c4n(cc(C(=O)NCc5ccc(F)cc5F)c3=O)C3(CCOCC3)CN(C)C4=O)OC2)n2cc(C(=O)NCc3ccc(F)cc3F)c(=O)c(O)c2C1=O. The molecule has 2 aromatic heterocycles. The van der Waals surface area contributed by atoms with E-state index in [0.29, 0.717) is 38.2 Å². The summed E-state index contributed by atoms with van der Waals surface area (Å²) in [4.78, 5) is 85.9. The summed E-state index contributed by atoms with van der Waals surface area (Å²) in [6.07, 6.45) is 1.95. The molecule has 3 N–H and O–H groups in total. The number of hydrogen-bond acceptors (Lipinski definition) is 11. The van der Waals surface area contributed by atoms with Crippen molar-refractivity contribution in [2.24, 2.45) is 0 Å². The molecule has 0 radical (unpaired) electrons. The molecule has 8 rings (SSSR count). The van der Waals surface area contributed by atoms with Crippen LogP contribution in [0.3, 0.4) is 0 Å². The summed E-state index contributed by atoms with van der Waals surface area (Å²) in [5, 5.41) is 16.2. The smallest absolute Gasteiger partial charge is 0.274 e. The highest BCUT2D eigenvalue weighted by Crippen LogP contribution is 2.41. The number of benzene rings is 2. The van der Waals surface area contributed by atoms with Gasteiger partial charge in [0.1, 0.15) is 34.4 Å². The lowest BCUT2D eigenvalue weighted by molar-refractivity contribution is -0.152. The number of aromatic hydroxyl groups is 1. The molecule has 65 heavy (non-hydrogen) atoms. The first-order valence-corrected chi connectivity index (χ1v) is 20.7. The minimum absolute atomic E-state index is 0.0318. The van der Waals surface area contributed by atoms with Gasteiger partial charge in [-0.2, -0.15) is 0 Å². The van der Waals surface area contributed by atoms with Crippen LogP contribution < -0.4 is 26.2 Å². The Morgan fingerprint density at radius 3 is 1.94 bits per heavy atom. The molecular formula is C44H44F4N6O11. The number of aromatic nitrogens is 2. The van der Waals surface area contributed by atoms with Crippen LogP contribution in [0.15, 0.2) is 58.4 Å². The van der Waals surface area contributed by atoms with Crippen LogP contribution in [0.4, 0.5) is 17.6 Å². The Bertz CT molecular complexity index is 2710. The molecule has 2 saturated heterocycles. The number of nitrogens with zero attached hydrogens (tertiary/aromatic N) is 4. The first kappa shape index (κ1) is 45.0. The summed E-state index contributed by atoms with van der Waals surface area (Å²) in [6, 6.07) is 5.58. The molecule has 2 spiro atoms. The zero-order valence-electron chi connectivity index (χ0n) is 35.2. The molecule has 21 heteroatoms. The van der Waals surface area contributed by atoms with Crippen LogP contribution in [0.5, 0.6) is 11.5 Å². The van der Waals surface area contributed by atoms with E-state index in [4.69, 9.17) is 18.9 Å². The number of halogens is 4. The lowest BCUT2D eigenvalue weighted by Gasteiger charge is -2.49. The van der Waals surface area contributed by atoms with Crippen molar-refractivity contribution in [3.63, 3.8) is 0 Å². The molecule has 4 aromatic rings. The molecule has 2 unspecified atom stereocenters. The van der Waals surface area contributed by atoms with Crippen molar-refractivity contribution in [1.29, 1.82) is 0 Å². The fraction of sp³-hybridized carbons (Fsp3) is 0.409. The number of fused-ring (bicyclic) bond motifs is 4. The maximum absolute atomic E-state index is 14.5. The third kappa shape index (κ3) is 8.34. The molecule has 344 valence electrons. The number of pyridine rings is 2.